The number of aromatic nitrogens is 6. The minimum absolute atomic E-state index is 0.00589. The molecule has 0 saturated carbocycles. The second-order valence-electron chi connectivity index (χ2n) is 17.3. The molecule has 6 heterocycles. The van der Waals surface area contributed by atoms with Crippen molar-refractivity contribution in [1.29, 1.82) is 0 Å². The second kappa shape index (κ2) is 23.2. The van der Waals surface area contributed by atoms with Crippen molar-refractivity contribution in [3.63, 3.8) is 0 Å². The Morgan fingerprint density at radius 2 is 1.30 bits per heavy atom. The quantitative estimate of drug-likeness (QED) is 0.0792. The number of carboxylic acids is 1. The smallest absolute Gasteiger partial charge is 0.410 e. The number of carbonyl (C=O) groups is 3. The number of amides is 2. The summed E-state index contributed by atoms with van der Waals surface area (Å²) in [5, 5.41) is 29.5. The van der Waals surface area contributed by atoms with Crippen molar-refractivity contribution in [2.24, 2.45) is 0 Å². The van der Waals surface area contributed by atoms with E-state index in [1.807, 2.05) is 67.9 Å². The molecule has 20 heteroatoms. The molecule has 4 N–H and O–H groups in total. The van der Waals surface area contributed by atoms with E-state index < -0.39 is 11.6 Å². The number of carbonyl (C=O) groups excluding carboxylic acids is 2. The van der Waals surface area contributed by atoms with Crippen LogP contribution in [0.5, 0.6) is 28.7 Å². The fourth-order valence-corrected chi connectivity index (χ4v) is 7.86. The minimum atomic E-state index is -0.981. The van der Waals surface area contributed by atoms with Crippen LogP contribution < -0.4 is 24.8 Å². The van der Waals surface area contributed by atoms with Crippen molar-refractivity contribution in [3.05, 3.63) is 138 Å². The molecular formula is C51H54Cl2N10O8. The van der Waals surface area contributed by atoms with E-state index >= 15 is 0 Å². The molecule has 0 bridgehead atoms. The average Bonchev–Trinajstić information content (AvgIpc) is 4.19. The van der Waals surface area contributed by atoms with Crippen LogP contribution in [0.4, 0.5) is 16.4 Å². The Bertz CT molecular complexity index is 2980. The molecule has 3 aromatic carbocycles. The molecule has 2 atom stereocenters. The number of anilines is 2. The lowest BCUT2D eigenvalue weighted by Crippen LogP contribution is -2.36. The van der Waals surface area contributed by atoms with Crippen LogP contribution in [-0.4, -0.2) is 114 Å². The van der Waals surface area contributed by atoms with E-state index in [-0.39, 0.29) is 24.1 Å². The number of nitrogens with one attached hydrogen (secondary N) is 3. The highest BCUT2D eigenvalue weighted by molar-refractivity contribution is 6.30. The number of H-pyrrole nitrogens is 1. The Balaban J connectivity index is 0.000000201. The molecule has 370 valence electrons. The number of benzene rings is 3. The monoisotopic (exact) mass is 1000 g/mol. The third-order valence-corrected chi connectivity index (χ3v) is 11.5. The number of fused-ring (bicyclic) bond motifs is 2. The van der Waals surface area contributed by atoms with E-state index in [9.17, 15) is 14.4 Å². The maximum atomic E-state index is 12.6. The summed E-state index contributed by atoms with van der Waals surface area (Å²) in [5.41, 5.74) is 1.82. The molecular weight excluding hydrogens is 952 g/mol. The van der Waals surface area contributed by atoms with Gasteiger partial charge in [0.1, 0.15) is 45.1 Å². The molecule has 18 nitrogen and oxygen atoms in total. The highest BCUT2D eigenvalue weighted by atomic mass is 35.5. The summed E-state index contributed by atoms with van der Waals surface area (Å²) in [7, 11) is 1.65. The van der Waals surface area contributed by atoms with Gasteiger partial charge in [0.25, 0.3) is 0 Å². The maximum Gasteiger partial charge on any atom is 0.410 e. The first-order valence-electron chi connectivity index (χ1n) is 22.6. The fourth-order valence-electron chi connectivity index (χ4n) is 7.61. The number of ether oxygens (including phenoxy) is 4. The zero-order valence-corrected chi connectivity index (χ0v) is 41.1. The molecule has 9 rings (SSSR count). The minimum Gasteiger partial charge on any atom is -0.497 e. The van der Waals surface area contributed by atoms with Crippen molar-refractivity contribution < 1.29 is 38.4 Å². The molecule has 71 heavy (non-hydrogen) atoms. The number of nitrogens with zero attached hydrogens (tertiary/aromatic N) is 7. The summed E-state index contributed by atoms with van der Waals surface area (Å²) in [4.78, 5) is 46.1. The number of halogens is 2. The first-order valence-corrected chi connectivity index (χ1v) is 23.3. The summed E-state index contributed by atoms with van der Waals surface area (Å²) in [5.74, 6) is 3.62. The molecule has 0 aliphatic carbocycles. The van der Waals surface area contributed by atoms with Crippen molar-refractivity contribution in [1.82, 2.24) is 39.7 Å². The van der Waals surface area contributed by atoms with Crippen LogP contribution in [0.25, 0.3) is 22.1 Å². The Hall–Kier alpha value is -7.83. The van der Waals surface area contributed by atoms with Crippen molar-refractivity contribution >= 4 is 74.9 Å². The van der Waals surface area contributed by atoms with E-state index in [2.05, 4.69) is 44.0 Å². The average molecular weight is 1010 g/mol. The molecule has 2 aliphatic heterocycles. The van der Waals surface area contributed by atoms with E-state index in [1.165, 1.54) is 6.08 Å². The van der Waals surface area contributed by atoms with E-state index in [0.29, 0.717) is 88.7 Å². The van der Waals surface area contributed by atoms with Gasteiger partial charge in [-0.1, -0.05) is 48.5 Å². The normalized spacial score (nSPS) is 15.2. The molecule has 2 fully saturated rings. The van der Waals surface area contributed by atoms with Gasteiger partial charge in [-0.2, -0.15) is 10.2 Å². The van der Waals surface area contributed by atoms with Crippen molar-refractivity contribution in [2.75, 3.05) is 43.9 Å². The highest BCUT2D eigenvalue weighted by Crippen LogP contribution is 2.37. The van der Waals surface area contributed by atoms with Gasteiger partial charge < -0.3 is 44.5 Å². The predicted molar refractivity (Wildman–Crippen MR) is 273 cm³/mol. The Kier molecular flexibility index (Phi) is 16.7. The number of pyridine rings is 2. The van der Waals surface area contributed by atoms with Gasteiger partial charge in [-0.15, -0.1) is 0 Å². The summed E-state index contributed by atoms with van der Waals surface area (Å²) in [6.45, 7) is 15.0. The SMILES string of the molecule is C=CC(=O)N1CC[C@@H](Nc2n[nH]c3nccc(Oc4ccc(Cl)cc4)c23)C1.C=CC(=O)O.COc1ccc(Cn2nc(N[C@@H]3CCN(C(=O)OC(C)(C)C)C3)c3c(Oc4ccc(Cl)cc4)ccnc32)cc1. The van der Waals surface area contributed by atoms with Crippen LogP contribution in [0.2, 0.25) is 10.0 Å². The topological polar surface area (TPSA) is 211 Å². The highest BCUT2D eigenvalue weighted by Gasteiger charge is 2.31. The zero-order chi connectivity index (χ0) is 50.7. The lowest BCUT2D eigenvalue weighted by Gasteiger charge is -2.24. The largest absolute Gasteiger partial charge is 0.497 e. The first-order chi connectivity index (χ1) is 34.1. The molecule has 0 radical (unpaired) electrons. The van der Waals surface area contributed by atoms with Gasteiger partial charge >= 0.3 is 12.1 Å². The van der Waals surface area contributed by atoms with E-state index in [4.69, 9.17) is 52.4 Å². The van der Waals surface area contributed by atoms with Gasteiger partial charge in [-0.05, 0) is 106 Å². The Morgan fingerprint density at radius 1 is 0.761 bits per heavy atom. The number of carboxylic acid groups (broad SMARTS) is 1. The van der Waals surface area contributed by atoms with E-state index in [0.717, 1.165) is 41.0 Å². The number of hydrogen-bond acceptors (Lipinski definition) is 13. The molecule has 2 aliphatic rings. The van der Waals surface area contributed by atoms with Crippen molar-refractivity contribution in [2.45, 2.75) is 57.8 Å². The predicted octanol–water partition coefficient (Wildman–Crippen LogP) is 10.2. The third-order valence-electron chi connectivity index (χ3n) is 11.0. The molecule has 0 unspecified atom stereocenters. The first kappa shape index (κ1) is 51.0. The molecule has 0 spiro atoms. The number of aromatic amines is 1. The van der Waals surface area contributed by atoms with Crippen LogP contribution in [0.15, 0.2) is 123 Å². The molecule has 2 amide bonds. The van der Waals surface area contributed by atoms with Crippen LogP contribution in [0, 0.1) is 0 Å². The van der Waals surface area contributed by atoms with Gasteiger partial charge in [0.05, 0.1) is 13.7 Å². The van der Waals surface area contributed by atoms with Crippen molar-refractivity contribution in [3.8, 4) is 28.7 Å². The van der Waals surface area contributed by atoms with Crippen LogP contribution in [-0.2, 0) is 20.9 Å². The number of likely N-dealkylation sites (tertiary alicyclic amines) is 2. The molecule has 2 saturated heterocycles. The second-order valence-corrected chi connectivity index (χ2v) is 18.2. The van der Waals surface area contributed by atoms with Gasteiger partial charge in [0.2, 0.25) is 5.91 Å². The summed E-state index contributed by atoms with van der Waals surface area (Å²) >= 11 is 12.0. The Labute approximate surface area is 420 Å². The third kappa shape index (κ3) is 13.7. The summed E-state index contributed by atoms with van der Waals surface area (Å²) in [6.07, 6.45) is 6.84. The number of rotatable bonds is 13. The molecule has 4 aromatic heterocycles. The number of aliphatic carboxylic acids is 1. The van der Waals surface area contributed by atoms with Gasteiger partial charge in [-0.3, -0.25) is 9.89 Å². The van der Waals surface area contributed by atoms with Gasteiger partial charge in [-0.25, -0.2) is 24.2 Å². The number of methoxy groups -OCH3 is 1. The summed E-state index contributed by atoms with van der Waals surface area (Å²) < 4.78 is 25.0. The van der Waals surface area contributed by atoms with Crippen LogP contribution in [0.3, 0.4) is 0 Å². The Morgan fingerprint density at radius 3 is 1.86 bits per heavy atom. The fraction of sp³-hybridized carbons (Fsp3) is 0.275. The van der Waals surface area contributed by atoms with E-state index in [1.54, 1.807) is 71.8 Å². The zero-order valence-electron chi connectivity index (χ0n) is 39.6. The lowest BCUT2D eigenvalue weighted by molar-refractivity contribution is -0.131. The maximum absolute atomic E-state index is 12.6. The number of hydrogen-bond donors (Lipinski definition) is 4. The standard InChI is InChI=1S/C29H32ClN5O4.C19H18ClN5O2.C3H4O2/c1-29(2,3)39-28(36)34-16-14-21(18-34)32-26-25-24(38-23-11-7-20(30)8-12-23)13-15-31-27(25)35(33-26)17-19-5-9-22(37-4)10-6-19;1-2-16(26)25-10-8-13(11-25)22-19-17-15(7-9-21-18(17)23-24-19)27-14-5-3-12(20)4-6-14;1-2-3(4)5/h5-13,15,21H,14,16-18H2,1-4H3,(H,32,33);2-7,9,13H,1,8,10-11H2,(H2,21,22,23,24);2H,1H2,(H,4,5)/t21-;13-;/m11./s1. The summed E-state index contributed by atoms with van der Waals surface area (Å²) in [6, 6.07) is 25.9. The molecule has 7 aromatic rings. The van der Waals surface area contributed by atoms with Gasteiger partial charge in [0.15, 0.2) is 22.9 Å². The lowest BCUT2D eigenvalue weighted by atomic mass is 10.2. The van der Waals surface area contributed by atoms with Gasteiger partial charge in [0, 0.05) is 78.9 Å². The van der Waals surface area contributed by atoms with Crippen LogP contribution in [0.1, 0.15) is 39.2 Å². The van der Waals surface area contributed by atoms with Crippen LogP contribution >= 0.6 is 23.2 Å².